The first kappa shape index (κ1) is 12.7. The van der Waals surface area contributed by atoms with Gasteiger partial charge in [-0.3, -0.25) is 5.10 Å². The number of nitrogens with one attached hydrogen (secondary N) is 2. The van der Waals surface area contributed by atoms with E-state index in [9.17, 15) is 0 Å². The molecule has 4 nitrogen and oxygen atoms in total. The lowest BCUT2D eigenvalue weighted by Crippen LogP contribution is -2.13. The van der Waals surface area contributed by atoms with E-state index in [0.717, 1.165) is 42.0 Å². The lowest BCUT2D eigenvalue weighted by molar-refractivity contribution is 0.352. The number of aryl methyl sites for hydroxylation is 1. The van der Waals surface area contributed by atoms with Gasteiger partial charge in [-0.25, -0.2) is 0 Å². The van der Waals surface area contributed by atoms with E-state index < -0.39 is 0 Å². The third-order valence-electron chi connectivity index (χ3n) is 3.39. The van der Waals surface area contributed by atoms with Crippen LogP contribution in [0, 0.1) is 6.92 Å². The lowest BCUT2D eigenvalue weighted by Gasteiger charge is -2.10. The Hall–Kier alpha value is -1.33. The molecule has 3 rings (SSSR count). The molecule has 0 saturated carbocycles. The molecule has 0 spiro atoms. The molecule has 0 aliphatic carbocycles. The second kappa shape index (κ2) is 5.35. The van der Waals surface area contributed by atoms with E-state index in [1.54, 1.807) is 0 Å². The van der Waals surface area contributed by atoms with Crippen molar-refractivity contribution in [3.05, 3.63) is 45.2 Å². The summed E-state index contributed by atoms with van der Waals surface area (Å²) in [5.41, 5.74) is 4.82. The Morgan fingerprint density at radius 1 is 1.37 bits per heavy atom. The molecular weight excluding hydrogens is 306 g/mol. The minimum Gasteiger partial charge on any atom is -0.493 e. The molecule has 19 heavy (non-hydrogen) atoms. The molecule has 0 saturated heterocycles. The summed E-state index contributed by atoms with van der Waals surface area (Å²) < 4.78 is 6.84. The van der Waals surface area contributed by atoms with E-state index in [0.29, 0.717) is 0 Å². The summed E-state index contributed by atoms with van der Waals surface area (Å²) in [6.07, 6.45) is 2.87. The van der Waals surface area contributed by atoms with Crippen LogP contribution >= 0.6 is 15.9 Å². The van der Waals surface area contributed by atoms with Crippen molar-refractivity contribution in [1.29, 1.82) is 0 Å². The second-order valence-corrected chi connectivity index (χ2v) is 5.69. The molecule has 0 bridgehead atoms. The minimum atomic E-state index is 0.791. The summed E-state index contributed by atoms with van der Waals surface area (Å²) in [4.78, 5) is 0. The SMILES string of the molecule is Cc1[nH]ncc1CNCc1cc(Br)cc2c1OCC2. The number of aromatic amines is 1. The van der Waals surface area contributed by atoms with Gasteiger partial charge in [0.05, 0.1) is 12.8 Å². The fraction of sp³-hybridized carbons (Fsp3) is 0.357. The monoisotopic (exact) mass is 321 g/mol. The number of aromatic nitrogens is 2. The molecule has 100 valence electrons. The molecule has 0 fully saturated rings. The van der Waals surface area contributed by atoms with E-state index in [1.807, 2.05) is 13.1 Å². The Bertz CT molecular complexity index is 594. The molecule has 2 aromatic rings. The van der Waals surface area contributed by atoms with Crippen molar-refractivity contribution in [2.24, 2.45) is 0 Å². The first-order valence-electron chi connectivity index (χ1n) is 6.37. The van der Waals surface area contributed by atoms with E-state index in [2.05, 4.69) is 43.6 Å². The zero-order valence-corrected chi connectivity index (χ0v) is 12.4. The molecule has 1 aromatic carbocycles. The second-order valence-electron chi connectivity index (χ2n) is 4.78. The maximum atomic E-state index is 5.72. The highest BCUT2D eigenvalue weighted by molar-refractivity contribution is 9.10. The average molecular weight is 322 g/mol. The summed E-state index contributed by atoms with van der Waals surface area (Å²) >= 11 is 3.56. The topological polar surface area (TPSA) is 49.9 Å². The molecule has 2 N–H and O–H groups in total. The number of benzene rings is 1. The maximum absolute atomic E-state index is 5.72. The fourth-order valence-electron chi connectivity index (χ4n) is 2.36. The Kier molecular flexibility index (Phi) is 3.57. The third kappa shape index (κ3) is 2.67. The number of halogens is 1. The van der Waals surface area contributed by atoms with E-state index in [1.165, 1.54) is 16.7 Å². The predicted molar refractivity (Wildman–Crippen MR) is 77.2 cm³/mol. The number of hydrogen-bond acceptors (Lipinski definition) is 3. The number of hydrogen-bond donors (Lipinski definition) is 2. The number of ether oxygens (including phenoxy) is 1. The minimum absolute atomic E-state index is 0.791. The van der Waals surface area contributed by atoms with Gasteiger partial charge in [-0.2, -0.15) is 5.10 Å². The molecule has 2 heterocycles. The van der Waals surface area contributed by atoms with Gasteiger partial charge >= 0.3 is 0 Å². The van der Waals surface area contributed by atoms with Crippen molar-refractivity contribution in [2.75, 3.05) is 6.61 Å². The Labute approximate surface area is 120 Å². The number of fused-ring (bicyclic) bond motifs is 1. The summed E-state index contributed by atoms with van der Waals surface area (Å²) in [7, 11) is 0. The van der Waals surface area contributed by atoms with Crippen molar-refractivity contribution in [3.8, 4) is 5.75 Å². The van der Waals surface area contributed by atoms with Crippen LogP contribution in [0.4, 0.5) is 0 Å². The summed E-state index contributed by atoms with van der Waals surface area (Å²) in [6, 6.07) is 4.27. The average Bonchev–Trinajstić information content (AvgIpc) is 2.98. The molecule has 5 heteroatoms. The molecule has 0 atom stereocenters. The van der Waals surface area contributed by atoms with Gasteiger partial charge in [0.25, 0.3) is 0 Å². The van der Waals surface area contributed by atoms with Gasteiger partial charge in [0.15, 0.2) is 0 Å². The van der Waals surface area contributed by atoms with Crippen molar-refractivity contribution >= 4 is 15.9 Å². The van der Waals surface area contributed by atoms with Crippen LogP contribution in [0.15, 0.2) is 22.8 Å². The zero-order chi connectivity index (χ0) is 13.2. The highest BCUT2D eigenvalue weighted by Gasteiger charge is 2.17. The molecule has 0 amide bonds. The summed E-state index contributed by atoms with van der Waals surface area (Å²) in [6.45, 7) is 4.43. The van der Waals surface area contributed by atoms with Gasteiger partial charge in [0.1, 0.15) is 5.75 Å². The number of nitrogens with zero attached hydrogens (tertiary/aromatic N) is 1. The van der Waals surface area contributed by atoms with Crippen molar-refractivity contribution in [1.82, 2.24) is 15.5 Å². The Morgan fingerprint density at radius 2 is 2.21 bits per heavy atom. The van der Waals surface area contributed by atoms with Crippen LogP contribution in [0.25, 0.3) is 0 Å². The predicted octanol–water partition coefficient (Wildman–Crippen LogP) is 2.71. The van der Waals surface area contributed by atoms with Crippen LogP contribution in [0.1, 0.15) is 22.4 Å². The molecule has 1 aliphatic rings. The highest BCUT2D eigenvalue weighted by Crippen LogP contribution is 2.32. The highest BCUT2D eigenvalue weighted by atomic mass is 79.9. The van der Waals surface area contributed by atoms with Gasteiger partial charge in [0, 0.05) is 40.8 Å². The van der Waals surface area contributed by atoms with Gasteiger partial charge in [0.2, 0.25) is 0 Å². The normalized spacial score (nSPS) is 13.4. The Balaban J connectivity index is 1.69. The van der Waals surface area contributed by atoms with Crippen molar-refractivity contribution in [3.63, 3.8) is 0 Å². The fourth-order valence-corrected chi connectivity index (χ4v) is 2.92. The van der Waals surface area contributed by atoms with Crippen molar-refractivity contribution in [2.45, 2.75) is 26.4 Å². The van der Waals surface area contributed by atoms with E-state index in [-0.39, 0.29) is 0 Å². The molecule has 1 aliphatic heterocycles. The third-order valence-corrected chi connectivity index (χ3v) is 3.85. The standard InChI is InChI=1S/C14H16BrN3O/c1-9-12(8-17-18-9)7-16-6-11-5-13(15)4-10-2-3-19-14(10)11/h4-5,8,16H,2-3,6-7H2,1H3,(H,17,18). The number of H-pyrrole nitrogens is 1. The molecule has 1 aromatic heterocycles. The zero-order valence-electron chi connectivity index (χ0n) is 10.8. The molecule has 0 radical (unpaired) electrons. The first-order valence-corrected chi connectivity index (χ1v) is 7.17. The quantitative estimate of drug-likeness (QED) is 0.910. The van der Waals surface area contributed by atoms with Crippen LogP contribution in [-0.4, -0.2) is 16.8 Å². The molecule has 0 unspecified atom stereocenters. The summed E-state index contributed by atoms with van der Waals surface area (Å²) in [5, 5.41) is 10.4. The van der Waals surface area contributed by atoms with Gasteiger partial charge < -0.3 is 10.1 Å². The van der Waals surface area contributed by atoms with Gasteiger partial charge in [-0.15, -0.1) is 0 Å². The van der Waals surface area contributed by atoms with Crippen LogP contribution in [0.2, 0.25) is 0 Å². The van der Waals surface area contributed by atoms with Crippen LogP contribution in [-0.2, 0) is 19.5 Å². The summed E-state index contributed by atoms with van der Waals surface area (Å²) in [5.74, 6) is 1.06. The van der Waals surface area contributed by atoms with Gasteiger partial charge in [-0.1, -0.05) is 15.9 Å². The lowest BCUT2D eigenvalue weighted by atomic mass is 10.1. The van der Waals surface area contributed by atoms with Crippen LogP contribution in [0.3, 0.4) is 0 Å². The number of rotatable bonds is 4. The van der Waals surface area contributed by atoms with Crippen LogP contribution in [0.5, 0.6) is 5.75 Å². The molecular formula is C14H16BrN3O. The largest absolute Gasteiger partial charge is 0.493 e. The van der Waals surface area contributed by atoms with Crippen molar-refractivity contribution < 1.29 is 4.74 Å². The first-order chi connectivity index (χ1) is 9.24. The van der Waals surface area contributed by atoms with Gasteiger partial charge in [-0.05, 0) is 24.6 Å². The van der Waals surface area contributed by atoms with Crippen LogP contribution < -0.4 is 10.1 Å². The van der Waals surface area contributed by atoms with E-state index >= 15 is 0 Å². The maximum Gasteiger partial charge on any atom is 0.127 e. The Morgan fingerprint density at radius 3 is 3.00 bits per heavy atom. The smallest absolute Gasteiger partial charge is 0.127 e. The van der Waals surface area contributed by atoms with E-state index in [4.69, 9.17) is 4.74 Å².